The molecule has 1 unspecified atom stereocenters. The predicted molar refractivity (Wildman–Crippen MR) is 74.9 cm³/mol. The summed E-state index contributed by atoms with van der Waals surface area (Å²) in [6.07, 6.45) is 0.493. The Kier molecular flexibility index (Phi) is 4.48. The second kappa shape index (κ2) is 6.31. The van der Waals surface area contributed by atoms with Crippen LogP contribution in [0.4, 0.5) is 0 Å². The molecule has 0 saturated carbocycles. The van der Waals surface area contributed by atoms with Crippen molar-refractivity contribution in [2.24, 2.45) is 5.73 Å². The van der Waals surface area contributed by atoms with E-state index in [-0.39, 0.29) is 10.8 Å². The summed E-state index contributed by atoms with van der Waals surface area (Å²) >= 11 is 1.07. The molecule has 1 amide bonds. The van der Waals surface area contributed by atoms with Crippen LogP contribution in [0.5, 0.6) is 0 Å². The fourth-order valence-corrected chi connectivity index (χ4v) is 2.26. The standard InChI is InChI=1S/C13H15N3O2S/c14-11(6-9-4-2-1-3-5-9)12(17)15-7-10-8-19-13(18)16-10/h1-5,8,11H,6-7,14H2,(H,15,17)(H,16,18). The lowest BCUT2D eigenvalue weighted by Crippen LogP contribution is -2.41. The van der Waals surface area contributed by atoms with E-state index in [2.05, 4.69) is 10.3 Å². The van der Waals surface area contributed by atoms with Crippen LogP contribution in [0, 0.1) is 0 Å². The molecule has 6 heteroatoms. The third-order valence-electron chi connectivity index (χ3n) is 2.66. The normalized spacial score (nSPS) is 12.1. The lowest BCUT2D eigenvalue weighted by Gasteiger charge is -2.11. The van der Waals surface area contributed by atoms with Crippen LogP contribution >= 0.6 is 11.3 Å². The number of nitrogens with two attached hydrogens (primary N) is 1. The molecule has 1 aromatic carbocycles. The van der Waals surface area contributed by atoms with Crippen LogP contribution in [0.25, 0.3) is 0 Å². The zero-order valence-corrected chi connectivity index (χ0v) is 11.1. The van der Waals surface area contributed by atoms with Crippen molar-refractivity contribution in [3.05, 3.63) is 56.6 Å². The summed E-state index contributed by atoms with van der Waals surface area (Å²) in [7, 11) is 0. The highest BCUT2D eigenvalue weighted by Gasteiger charge is 2.13. The summed E-state index contributed by atoms with van der Waals surface area (Å²) in [5.41, 5.74) is 7.55. The van der Waals surface area contributed by atoms with Gasteiger partial charge in [0.15, 0.2) is 0 Å². The van der Waals surface area contributed by atoms with Crippen LogP contribution in [-0.2, 0) is 17.8 Å². The number of thiazole rings is 1. The van der Waals surface area contributed by atoms with Gasteiger partial charge in [-0.3, -0.25) is 9.59 Å². The summed E-state index contributed by atoms with van der Waals surface area (Å²) in [4.78, 5) is 25.2. The van der Waals surface area contributed by atoms with Gasteiger partial charge in [0.1, 0.15) is 0 Å². The van der Waals surface area contributed by atoms with Crippen molar-refractivity contribution in [3.63, 3.8) is 0 Å². The van der Waals surface area contributed by atoms with E-state index in [9.17, 15) is 9.59 Å². The van der Waals surface area contributed by atoms with E-state index in [4.69, 9.17) is 5.73 Å². The number of nitrogens with one attached hydrogen (secondary N) is 2. The largest absolute Gasteiger partial charge is 0.349 e. The minimum absolute atomic E-state index is 0.127. The molecule has 0 bridgehead atoms. The second-order valence-corrected chi connectivity index (χ2v) is 5.03. The van der Waals surface area contributed by atoms with Crippen molar-refractivity contribution in [1.29, 1.82) is 0 Å². The van der Waals surface area contributed by atoms with Gasteiger partial charge in [-0.2, -0.15) is 0 Å². The molecule has 0 spiro atoms. The highest BCUT2D eigenvalue weighted by Crippen LogP contribution is 2.02. The third kappa shape index (κ3) is 4.04. The first kappa shape index (κ1) is 13.5. The Hall–Kier alpha value is -1.92. The zero-order valence-electron chi connectivity index (χ0n) is 10.3. The number of H-pyrrole nitrogens is 1. The van der Waals surface area contributed by atoms with Gasteiger partial charge in [-0.1, -0.05) is 41.7 Å². The molecule has 1 aromatic heterocycles. The van der Waals surface area contributed by atoms with E-state index >= 15 is 0 Å². The summed E-state index contributed by atoms with van der Waals surface area (Å²) in [6.45, 7) is 0.292. The minimum atomic E-state index is -0.590. The fraction of sp³-hybridized carbons (Fsp3) is 0.231. The van der Waals surface area contributed by atoms with Gasteiger partial charge in [0, 0.05) is 11.1 Å². The first-order valence-electron chi connectivity index (χ1n) is 5.89. The maximum absolute atomic E-state index is 11.8. The molecule has 4 N–H and O–H groups in total. The van der Waals surface area contributed by atoms with Crippen molar-refractivity contribution >= 4 is 17.2 Å². The molecule has 0 aliphatic heterocycles. The van der Waals surface area contributed by atoms with E-state index in [1.54, 1.807) is 5.38 Å². The van der Waals surface area contributed by atoms with Crippen molar-refractivity contribution < 1.29 is 4.79 Å². The SMILES string of the molecule is NC(Cc1ccccc1)C(=O)NCc1csc(=O)[nH]1. The number of benzene rings is 1. The summed E-state index contributed by atoms with van der Waals surface area (Å²) < 4.78 is 0. The lowest BCUT2D eigenvalue weighted by atomic mass is 10.1. The number of carbonyl (C=O) groups is 1. The highest BCUT2D eigenvalue weighted by atomic mass is 32.1. The Morgan fingerprint density at radius 3 is 2.74 bits per heavy atom. The molecule has 100 valence electrons. The number of aromatic amines is 1. The maximum Gasteiger partial charge on any atom is 0.304 e. The number of hydrogen-bond acceptors (Lipinski definition) is 4. The number of aromatic nitrogens is 1. The zero-order chi connectivity index (χ0) is 13.7. The summed E-state index contributed by atoms with van der Waals surface area (Å²) in [6, 6.07) is 9.02. The molecule has 2 aromatic rings. The first-order valence-corrected chi connectivity index (χ1v) is 6.77. The first-order chi connectivity index (χ1) is 9.15. The maximum atomic E-state index is 11.8. The lowest BCUT2D eigenvalue weighted by molar-refractivity contribution is -0.122. The molecular formula is C13H15N3O2S. The van der Waals surface area contributed by atoms with E-state index in [1.807, 2.05) is 30.3 Å². The molecule has 1 atom stereocenters. The Labute approximate surface area is 114 Å². The van der Waals surface area contributed by atoms with Crippen LogP contribution in [0.3, 0.4) is 0 Å². The number of carbonyl (C=O) groups excluding carboxylic acids is 1. The summed E-state index contributed by atoms with van der Waals surface area (Å²) in [5, 5.41) is 4.39. The molecule has 0 saturated heterocycles. The van der Waals surface area contributed by atoms with Gasteiger partial charge in [-0.05, 0) is 12.0 Å². The third-order valence-corrected chi connectivity index (χ3v) is 3.38. The molecule has 1 heterocycles. The van der Waals surface area contributed by atoms with E-state index in [1.165, 1.54) is 0 Å². The van der Waals surface area contributed by atoms with Gasteiger partial charge < -0.3 is 16.0 Å². The predicted octanol–water partition coefficient (Wildman–Crippen LogP) is 0.623. The van der Waals surface area contributed by atoms with Gasteiger partial charge in [0.05, 0.1) is 12.6 Å². The molecule has 0 aliphatic carbocycles. The Balaban J connectivity index is 1.84. The number of rotatable bonds is 5. The quantitative estimate of drug-likeness (QED) is 0.748. The monoisotopic (exact) mass is 277 g/mol. The molecule has 0 aliphatic rings. The molecular weight excluding hydrogens is 262 g/mol. The van der Waals surface area contributed by atoms with Gasteiger partial charge in [0.2, 0.25) is 5.91 Å². The summed E-state index contributed by atoms with van der Waals surface area (Å²) in [5.74, 6) is -0.226. The fourth-order valence-electron chi connectivity index (χ4n) is 1.67. The molecule has 5 nitrogen and oxygen atoms in total. The van der Waals surface area contributed by atoms with E-state index in [0.29, 0.717) is 18.7 Å². The van der Waals surface area contributed by atoms with Crippen LogP contribution in [0.1, 0.15) is 11.3 Å². The van der Waals surface area contributed by atoms with Crippen LogP contribution in [-0.4, -0.2) is 16.9 Å². The minimum Gasteiger partial charge on any atom is -0.349 e. The van der Waals surface area contributed by atoms with Gasteiger partial charge in [-0.15, -0.1) is 0 Å². The molecule has 0 fully saturated rings. The topological polar surface area (TPSA) is 88.0 Å². The van der Waals surface area contributed by atoms with Crippen molar-refractivity contribution in [3.8, 4) is 0 Å². The Bertz CT molecular complexity index is 591. The molecule has 2 rings (SSSR count). The van der Waals surface area contributed by atoms with Crippen LogP contribution in [0.2, 0.25) is 0 Å². The number of hydrogen-bond donors (Lipinski definition) is 3. The van der Waals surface area contributed by atoms with Crippen molar-refractivity contribution in [2.75, 3.05) is 0 Å². The average Bonchev–Trinajstić information content (AvgIpc) is 2.83. The van der Waals surface area contributed by atoms with Crippen molar-refractivity contribution in [1.82, 2.24) is 10.3 Å². The number of amides is 1. The van der Waals surface area contributed by atoms with E-state index < -0.39 is 6.04 Å². The smallest absolute Gasteiger partial charge is 0.304 e. The van der Waals surface area contributed by atoms with Gasteiger partial charge in [0.25, 0.3) is 0 Å². The molecule has 19 heavy (non-hydrogen) atoms. The average molecular weight is 277 g/mol. The van der Waals surface area contributed by atoms with Crippen molar-refractivity contribution in [2.45, 2.75) is 19.0 Å². The van der Waals surface area contributed by atoms with E-state index in [0.717, 1.165) is 16.9 Å². The second-order valence-electron chi connectivity index (χ2n) is 4.19. The van der Waals surface area contributed by atoms with Gasteiger partial charge >= 0.3 is 4.87 Å². The molecule has 0 radical (unpaired) electrons. The van der Waals surface area contributed by atoms with Gasteiger partial charge in [-0.25, -0.2) is 0 Å². The highest BCUT2D eigenvalue weighted by molar-refractivity contribution is 7.07. The Morgan fingerprint density at radius 2 is 2.11 bits per heavy atom. The van der Waals surface area contributed by atoms with Crippen LogP contribution in [0.15, 0.2) is 40.5 Å². The Morgan fingerprint density at radius 1 is 1.37 bits per heavy atom. The van der Waals surface area contributed by atoms with Crippen LogP contribution < -0.4 is 15.9 Å².